The van der Waals surface area contributed by atoms with E-state index in [0.29, 0.717) is 0 Å². The molecule has 100 valence electrons. The molecule has 3 heterocycles. The Balaban J connectivity index is 1.78. The fraction of sp³-hybridized carbons (Fsp3) is 0.385. The van der Waals surface area contributed by atoms with Crippen LogP contribution in [0.25, 0.3) is 0 Å². The Morgan fingerprint density at radius 2 is 2.32 bits per heavy atom. The maximum Gasteiger partial charge on any atom is 0.266 e. The third-order valence-electron chi connectivity index (χ3n) is 3.33. The van der Waals surface area contributed by atoms with Crippen LogP contribution >= 0.6 is 22.9 Å². The summed E-state index contributed by atoms with van der Waals surface area (Å²) in [7, 11) is 1.70. The fourth-order valence-corrected chi connectivity index (χ4v) is 3.47. The third-order valence-corrected chi connectivity index (χ3v) is 4.54. The fourth-order valence-electron chi connectivity index (χ4n) is 2.34. The molecule has 0 aromatic carbocycles. The van der Waals surface area contributed by atoms with E-state index in [9.17, 15) is 4.79 Å². The number of rotatable bonds is 2. The predicted octanol–water partition coefficient (Wildman–Crippen LogP) is 2.05. The number of aryl methyl sites for hydroxylation is 1. The lowest BCUT2D eigenvalue weighted by Gasteiger charge is -2.27. The number of thiophene rings is 1. The lowest BCUT2D eigenvalue weighted by Crippen LogP contribution is -2.33. The normalized spacial score (nSPS) is 15.5. The maximum atomic E-state index is 11.6. The van der Waals surface area contributed by atoms with Gasteiger partial charge in [-0.1, -0.05) is 11.6 Å². The molecule has 0 saturated heterocycles. The Hall–Kier alpha value is -1.17. The van der Waals surface area contributed by atoms with Crippen LogP contribution in [0.4, 0.5) is 0 Å². The molecule has 0 unspecified atom stereocenters. The van der Waals surface area contributed by atoms with Crippen molar-refractivity contribution in [1.29, 1.82) is 0 Å². The van der Waals surface area contributed by atoms with Gasteiger partial charge < -0.3 is 0 Å². The molecule has 2 aromatic rings. The van der Waals surface area contributed by atoms with Crippen molar-refractivity contribution in [3.8, 4) is 0 Å². The van der Waals surface area contributed by atoms with Crippen LogP contribution < -0.4 is 5.56 Å². The molecule has 0 fully saturated rings. The highest BCUT2D eigenvalue weighted by Gasteiger charge is 2.19. The van der Waals surface area contributed by atoms with Gasteiger partial charge in [-0.05, 0) is 17.7 Å². The first-order valence-corrected chi connectivity index (χ1v) is 7.34. The van der Waals surface area contributed by atoms with Gasteiger partial charge in [0.05, 0.1) is 10.0 Å². The second-order valence-corrected chi connectivity index (χ2v) is 6.54. The molecule has 0 amide bonds. The summed E-state index contributed by atoms with van der Waals surface area (Å²) in [6.07, 6.45) is 0.891. The number of halogens is 1. The van der Waals surface area contributed by atoms with Crippen LogP contribution in [0, 0.1) is 0 Å². The second kappa shape index (κ2) is 5.07. The molecule has 1 aliphatic heterocycles. The summed E-state index contributed by atoms with van der Waals surface area (Å²) < 4.78 is 2.23. The first-order chi connectivity index (χ1) is 9.11. The zero-order valence-electron chi connectivity index (χ0n) is 10.6. The van der Waals surface area contributed by atoms with E-state index in [4.69, 9.17) is 11.6 Å². The molecule has 19 heavy (non-hydrogen) atoms. The minimum atomic E-state index is -0.0419. The van der Waals surface area contributed by atoms with E-state index in [0.717, 1.165) is 41.6 Å². The van der Waals surface area contributed by atoms with Gasteiger partial charge in [0, 0.05) is 44.0 Å². The van der Waals surface area contributed by atoms with E-state index in [1.54, 1.807) is 24.5 Å². The van der Waals surface area contributed by atoms with E-state index in [2.05, 4.69) is 16.1 Å². The van der Waals surface area contributed by atoms with Gasteiger partial charge in [-0.3, -0.25) is 9.69 Å². The number of aromatic nitrogens is 2. The van der Waals surface area contributed by atoms with Crippen molar-refractivity contribution in [2.75, 3.05) is 6.54 Å². The van der Waals surface area contributed by atoms with Crippen molar-refractivity contribution >= 4 is 22.9 Å². The molecule has 6 heteroatoms. The molecule has 0 aliphatic carbocycles. The van der Waals surface area contributed by atoms with E-state index >= 15 is 0 Å². The van der Waals surface area contributed by atoms with Crippen molar-refractivity contribution < 1.29 is 0 Å². The van der Waals surface area contributed by atoms with Crippen LogP contribution in [0.5, 0.6) is 0 Å². The Morgan fingerprint density at radius 3 is 3.05 bits per heavy atom. The number of hydrogen-bond donors (Lipinski definition) is 0. The molecule has 0 radical (unpaired) electrons. The highest BCUT2D eigenvalue weighted by atomic mass is 35.5. The van der Waals surface area contributed by atoms with E-state index in [-0.39, 0.29) is 5.56 Å². The summed E-state index contributed by atoms with van der Waals surface area (Å²) in [5.41, 5.74) is 2.05. The highest BCUT2D eigenvalue weighted by Crippen LogP contribution is 2.24. The van der Waals surface area contributed by atoms with Crippen molar-refractivity contribution in [3.05, 3.63) is 49.0 Å². The molecule has 0 atom stereocenters. The summed E-state index contributed by atoms with van der Waals surface area (Å²) in [5.74, 6) is 0. The first kappa shape index (κ1) is 12.8. The third kappa shape index (κ3) is 2.73. The van der Waals surface area contributed by atoms with Gasteiger partial charge in [-0.2, -0.15) is 5.10 Å². The van der Waals surface area contributed by atoms with Crippen LogP contribution in [-0.2, 0) is 26.6 Å². The monoisotopic (exact) mass is 295 g/mol. The quantitative estimate of drug-likeness (QED) is 0.851. The van der Waals surface area contributed by atoms with Crippen molar-refractivity contribution in [1.82, 2.24) is 14.7 Å². The summed E-state index contributed by atoms with van der Waals surface area (Å²) in [6, 6.07) is 5.69. The first-order valence-electron chi connectivity index (χ1n) is 6.14. The van der Waals surface area contributed by atoms with Gasteiger partial charge in [-0.15, -0.1) is 11.3 Å². The summed E-state index contributed by atoms with van der Waals surface area (Å²) in [5, 5.41) is 4.32. The standard InChI is InChI=1S/C13H14ClN3OS/c1-16-13(18)6-9-7-17(5-4-11(9)15-16)8-10-2-3-12(14)19-10/h2-3,6H,4-5,7-8H2,1H3. The predicted molar refractivity (Wildman–Crippen MR) is 76.6 cm³/mol. The lowest BCUT2D eigenvalue weighted by molar-refractivity contribution is 0.243. The number of fused-ring (bicyclic) bond motifs is 1. The van der Waals surface area contributed by atoms with Gasteiger partial charge in [0.2, 0.25) is 0 Å². The second-order valence-electron chi connectivity index (χ2n) is 4.74. The Morgan fingerprint density at radius 1 is 1.47 bits per heavy atom. The largest absolute Gasteiger partial charge is 0.294 e. The molecule has 0 bridgehead atoms. The summed E-state index contributed by atoms with van der Waals surface area (Å²) in [6.45, 7) is 2.63. The Kier molecular flexibility index (Phi) is 3.43. The topological polar surface area (TPSA) is 38.1 Å². The van der Waals surface area contributed by atoms with Gasteiger partial charge in [0.15, 0.2) is 0 Å². The molecule has 2 aromatic heterocycles. The zero-order chi connectivity index (χ0) is 13.4. The number of hydrogen-bond acceptors (Lipinski definition) is 4. The van der Waals surface area contributed by atoms with Crippen LogP contribution in [0.1, 0.15) is 16.1 Å². The van der Waals surface area contributed by atoms with Crippen molar-refractivity contribution in [3.63, 3.8) is 0 Å². The van der Waals surface area contributed by atoms with E-state index in [1.165, 1.54) is 9.56 Å². The Bertz CT molecular complexity index is 664. The zero-order valence-corrected chi connectivity index (χ0v) is 12.2. The highest BCUT2D eigenvalue weighted by molar-refractivity contribution is 7.16. The minimum absolute atomic E-state index is 0.0419. The molecule has 3 rings (SSSR count). The van der Waals surface area contributed by atoms with Crippen molar-refractivity contribution in [2.45, 2.75) is 19.5 Å². The van der Waals surface area contributed by atoms with Crippen LogP contribution in [0.3, 0.4) is 0 Å². The van der Waals surface area contributed by atoms with Gasteiger partial charge in [0.1, 0.15) is 0 Å². The molecule has 1 aliphatic rings. The maximum absolute atomic E-state index is 11.6. The van der Waals surface area contributed by atoms with Crippen LogP contribution in [0.15, 0.2) is 23.0 Å². The molecule has 0 N–H and O–H groups in total. The Labute approximate surface area is 120 Å². The summed E-state index contributed by atoms with van der Waals surface area (Å²) >= 11 is 7.55. The van der Waals surface area contributed by atoms with Crippen LogP contribution in [0.2, 0.25) is 4.34 Å². The average Bonchev–Trinajstić information content (AvgIpc) is 2.77. The molecule has 4 nitrogen and oxygen atoms in total. The van der Waals surface area contributed by atoms with Crippen molar-refractivity contribution in [2.24, 2.45) is 7.05 Å². The molecule has 0 spiro atoms. The van der Waals surface area contributed by atoms with E-state index < -0.39 is 0 Å². The molecular formula is C13H14ClN3OS. The van der Waals surface area contributed by atoms with E-state index in [1.807, 2.05) is 6.07 Å². The average molecular weight is 296 g/mol. The van der Waals surface area contributed by atoms with Crippen LogP contribution in [-0.4, -0.2) is 21.2 Å². The van der Waals surface area contributed by atoms with Gasteiger partial charge in [-0.25, -0.2) is 4.68 Å². The molecular weight excluding hydrogens is 282 g/mol. The number of nitrogens with zero attached hydrogens (tertiary/aromatic N) is 3. The summed E-state index contributed by atoms with van der Waals surface area (Å²) in [4.78, 5) is 15.2. The minimum Gasteiger partial charge on any atom is -0.294 e. The van der Waals surface area contributed by atoms with Gasteiger partial charge >= 0.3 is 0 Å². The van der Waals surface area contributed by atoms with Gasteiger partial charge in [0.25, 0.3) is 5.56 Å². The molecule has 0 saturated carbocycles. The SMILES string of the molecule is Cn1nc2c(cc1=O)CN(Cc1ccc(Cl)s1)CC2. The smallest absolute Gasteiger partial charge is 0.266 e. The lowest BCUT2D eigenvalue weighted by atomic mass is 10.1.